The Hall–Kier alpha value is -3.27. The summed E-state index contributed by atoms with van der Waals surface area (Å²) < 4.78 is 15.0. The molecule has 3 rings (SSSR count). The summed E-state index contributed by atoms with van der Waals surface area (Å²) in [6.45, 7) is 0. The first-order valence-corrected chi connectivity index (χ1v) is 5.87. The second kappa shape index (κ2) is 4.68. The van der Waals surface area contributed by atoms with E-state index in [1.807, 2.05) is 0 Å². The summed E-state index contributed by atoms with van der Waals surface area (Å²) in [4.78, 5) is 15.1. The van der Waals surface area contributed by atoms with Crippen molar-refractivity contribution in [3.05, 3.63) is 53.7 Å². The minimum atomic E-state index is -1.09. The van der Waals surface area contributed by atoms with Crippen LogP contribution in [0.5, 0.6) is 0 Å². The van der Waals surface area contributed by atoms with E-state index in [0.717, 1.165) is 0 Å². The molecule has 0 radical (unpaired) electrons. The van der Waals surface area contributed by atoms with Gasteiger partial charge in [-0.2, -0.15) is 10.4 Å². The van der Waals surface area contributed by atoms with Crippen molar-refractivity contribution in [3.63, 3.8) is 0 Å². The van der Waals surface area contributed by atoms with Crippen molar-refractivity contribution in [1.82, 2.24) is 14.6 Å². The third-order valence-corrected chi connectivity index (χ3v) is 3.02. The van der Waals surface area contributed by atoms with Crippen molar-refractivity contribution in [2.24, 2.45) is 0 Å². The number of rotatable bonds is 2. The molecule has 7 heteroatoms. The van der Waals surface area contributed by atoms with Crippen LogP contribution in [-0.4, -0.2) is 25.7 Å². The summed E-state index contributed by atoms with van der Waals surface area (Å²) in [6, 6.07) is 5.87. The molecule has 0 atom stereocenters. The van der Waals surface area contributed by atoms with Crippen molar-refractivity contribution in [2.75, 3.05) is 0 Å². The molecule has 2 heterocycles. The molecule has 0 aliphatic carbocycles. The lowest BCUT2D eigenvalue weighted by Crippen LogP contribution is -1.97. The van der Waals surface area contributed by atoms with E-state index in [4.69, 9.17) is 10.4 Å². The van der Waals surface area contributed by atoms with Crippen LogP contribution >= 0.6 is 0 Å². The summed E-state index contributed by atoms with van der Waals surface area (Å²) in [6.07, 6.45) is 4.09. The van der Waals surface area contributed by atoms with E-state index in [1.54, 1.807) is 12.1 Å². The van der Waals surface area contributed by atoms with Gasteiger partial charge in [0.2, 0.25) is 0 Å². The SMILES string of the molecule is N#Cc1ccc(-c2cn3ncc(C(=O)O)c3cn2)cc1F. The number of halogens is 1. The van der Waals surface area contributed by atoms with Gasteiger partial charge in [0.15, 0.2) is 0 Å². The summed E-state index contributed by atoms with van der Waals surface area (Å²) in [5, 5.41) is 21.6. The van der Waals surface area contributed by atoms with E-state index < -0.39 is 11.8 Å². The molecule has 0 fully saturated rings. The van der Waals surface area contributed by atoms with E-state index >= 15 is 0 Å². The van der Waals surface area contributed by atoms with Crippen LogP contribution in [0.2, 0.25) is 0 Å². The van der Waals surface area contributed by atoms with Gasteiger partial charge in [0, 0.05) is 5.56 Å². The molecule has 1 N–H and O–H groups in total. The van der Waals surface area contributed by atoms with Crippen LogP contribution in [0.15, 0.2) is 36.8 Å². The Bertz CT molecular complexity index is 911. The molecule has 1 aromatic carbocycles. The number of aromatic carboxylic acids is 1. The zero-order valence-corrected chi connectivity index (χ0v) is 10.5. The third kappa shape index (κ3) is 2.08. The van der Waals surface area contributed by atoms with Crippen LogP contribution in [0, 0.1) is 17.1 Å². The number of nitrogens with zero attached hydrogens (tertiary/aromatic N) is 4. The molecule has 0 aliphatic heterocycles. The Morgan fingerprint density at radius 1 is 1.38 bits per heavy atom. The normalized spacial score (nSPS) is 10.5. The van der Waals surface area contributed by atoms with Gasteiger partial charge in [-0.1, -0.05) is 6.07 Å². The first-order valence-electron chi connectivity index (χ1n) is 5.87. The minimum absolute atomic E-state index is 0.0417. The average molecular weight is 282 g/mol. The van der Waals surface area contributed by atoms with E-state index in [1.165, 1.54) is 35.2 Å². The lowest BCUT2D eigenvalue weighted by atomic mass is 10.1. The fourth-order valence-corrected chi connectivity index (χ4v) is 1.96. The molecule has 0 saturated carbocycles. The molecule has 0 saturated heterocycles. The molecule has 21 heavy (non-hydrogen) atoms. The zero-order valence-electron chi connectivity index (χ0n) is 10.5. The number of carboxylic acids is 1. The Morgan fingerprint density at radius 2 is 2.19 bits per heavy atom. The Balaban J connectivity index is 2.12. The van der Waals surface area contributed by atoms with Gasteiger partial charge in [-0.3, -0.25) is 4.98 Å². The van der Waals surface area contributed by atoms with Crippen molar-refractivity contribution >= 4 is 11.5 Å². The molecule has 2 aromatic heterocycles. The Morgan fingerprint density at radius 3 is 2.86 bits per heavy atom. The Labute approximate surface area is 117 Å². The number of benzene rings is 1. The summed E-state index contributed by atoms with van der Waals surface area (Å²) in [7, 11) is 0. The molecule has 102 valence electrons. The average Bonchev–Trinajstić information content (AvgIpc) is 2.90. The van der Waals surface area contributed by atoms with E-state index in [2.05, 4.69) is 10.1 Å². The number of nitriles is 1. The number of fused-ring (bicyclic) bond motifs is 1. The molecule has 0 aliphatic rings. The van der Waals surface area contributed by atoms with Gasteiger partial charge in [-0.15, -0.1) is 0 Å². The van der Waals surface area contributed by atoms with Gasteiger partial charge in [0.1, 0.15) is 17.4 Å². The molecule has 0 amide bonds. The van der Waals surface area contributed by atoms with Crippen LogP contribution in [0.3, 0.4) is 0 Å². The van der Waals surface area contributed by atoms with Gasteiger partial charge >= 0.3 is 5.97 Å². The summed E-state index contributed by atoms with van der Waals surface area (Å²) in [5.74, 6) is -1.73. The highest BCUT2D eigenvalue weighted by Gasteiger charge is 2.13. The highest BCUT2D eigenvalue weighted by Crippen LogP contribution is 2.21. The second-order valence-corrected chi connectivity index (χ2v) is 4.27. The largest absolute Gasteiger partial charge is 0.478 e. The first kappa shape index (κ1) is 12.7. The number of carbonyl (C=O) groups is 1. The lowest BCUT2D eigenvalue weighted by molar-refractivity contribution is 0.0699. The van der Waals surface area contributed by atoms with Gasteiger partial charge in [0.05, 0.1) is 35.4 Å². The van der Waals surface area contributed by atoms with E-state index in [-0.39, 0.29) is 11.1 Å². The summed E-state index contributed by atoms with van der Waals surface area (Å²) >= 11 is 0. The fourth-order valence-electron chi connectivity index (χ4n) is 1.96. The molecular weight excluding hydrogens is 275 g/mol. The number of carboxylic acid groups (broad SMARTS) is 1. The molecule has 0 spiro atoms. The van der Waals surface area contributed by atoms with Gasteiger partial charge in [-0.25, -0.2) is 13.7 Å². The minimum Gasteiger partial charge on any atom is -0.478 e. The van der Waals surface area contributed by atoms with E-state index in [9.17, 15) is 9.18 Å². The number of hydrogen-bond acceptors (Lipinski definition) is 4. The lowest BCUT2D eigenvalue weighted by Gasteiger charge is -2.03. The topological polar surface area (TPSA) is 91.3 Å². The van der Waals surface area contributed by atoms with Gasteiger partial charge in [0.25, 0.3) is 0 Å². The van der Waals surface area contributed by atoms with Crippen LogP contribution in [0.1, 0.15) is 15.9 Å². The Kier molecular flexibility index (Phi) is 2.84. The molecule has 3 aromatic rings. The molecule has 0 bridgehead atoms. The van der Waals surface area contributed by atoms with Gasteiger partial charge in [-0.05, 0) is 12.1 Å². The standard InChI is InChI=1S/C14H7FN4O2/c15-11-3-8(1-2-9(11)4-16)12-7-19-13(6-17-12)10(5-18-19)14(20)21/h1-3,5-7H,(H,20,21). The van der Waals surface area contributed by atoms with Crippen molar-refractivity contribution in [3.8, 4) is 17.3 Å². The monoisotopic (exact) mass is 282 g/mol. The van der Waals surface area contributed by atoms with Crippen LogP contribution in [0.4, 0.5) is 4.39 Å². The quantitative estimate of drug-likeness (QED) is 0.777. The maximum atomic E-state index is 13.6. The smallest absolute Gasteiger partial charge is 0.339 e. The van der Waals surface area contributed by atoms with Crippen LogP contribution in [0.25, 0.3) is 16.8 Å². The van der Waals surface area contributed by atoms with Crippen LogP contribution < -0.4 is 0 Å². The molecule has 6 nitrogen and oxygen atoms in total. The predicted molar refractivity (Wildman–Crippen MR) is 70.1 cm³/mol. The van der Waals surface area contributed by atoms with Crippen molar-refractivity contribution in [1.29, 1.82) is 5.26 Å². The van der Waals surface area contributed by atoms with E-state index in [0.29, 0.717) is 16.8 Å². The van der Waals surface area contributed by atoms with Crippen molar-refractivity contribution in [2.45, 2.75) is 0 Å². The molecule has 0 unspecified atom stereocenters. The maximum Gasteiger partial charge on any atom is 0.339 e. The zero-order chi connectivity index (χ0) is 15.0. The fraction of sp³-hybridized carbons (Fsp3) is 0. The third-order valence-electron chi connectivity index (χ3n) is 3.02. The number of hydrogen-bond donors (Lipinski definition) is 1. The van der Waals surface area contributed by atoms with Gasteiger partial charge < -0.3 is 5.11 Å². The predicted octanol–water partition coefficient (Wildman–Crippen LogP) is 2.11. The van der Waals surface area contributed by atoms with Crippen molar-refractivity contribution < 1.29 is 14.3 Å². The number of aromatic nitrogens is 3. The highest BCUT2D eigenvalue weighted by atomic mass is 19.1. The second-order valence-electron chi connectivity index (χ2n) is 4.27. The molecular formula is C14H7FN4O2. The maximum absolute atomic E-state index is 13.6. The van der Waals surface area contributed by atoms with Crippen LogP contribution in [-0.2, 0) is 0 Å². The highest BCUT2D eigenvalue weighted by molar-refractivity contribution is 5.95. The first-order chi connectivity index (χ1) is 10.1. The summed E-state index contributed by atoms with van der Waals surface area (Å²) in [5.41, 5.74) is 1.24.